The third kappa shape index (κ3) is 1.63. The van der Waals surface area contributed by atoms with Gasteiger partial charge < -0.3 is 4.74 Å². The monoisotopic (exact) mass is 293 g/mol. The molecule has 0 aliphatic carbocycles. The number of fused-ring (bicyclic) bond motifs is 5. The summed E-state index contributed by atoms with van der Waals surface area (Å²) in [4.78, 5) is 15.2. The average molecular weight is 293 g/mol. The molecule has 0 amide bonds. The molecule has 3 heteroatoms. The number of hydrogen-bond donors (Lipinski definition) is 0. The Morgan fingerprint density at radius 2 is 1.91 bits per heavy atom. The fraction of sp³-hybridized carbons (Fsp3) is 0.421. The summed E-state index contributed by atoms with van der Waals surface area (Å²) in [6, 6.07) is 12.2. The van der Waals surface area contributed by atoms with Crippen LogP contribution in [0.15, 0.2) is 36.4 Å². The van der Waals surface area contributed by atoms with Crippen LogP contribution < -0.4 is 4.74 Å². The maximum absolute atomic E-state index is 12.8. The number of ketones is 1. The largest absolute Gasteiger partial charge is 0.484 e. The van der Waals surface area contributed by atoms with E-state index >= 15 is 0 Å². The first-order valence-corrected chi connectivity index (χ1v) is 8.21. The first-order valence-electron chi connectivity index (χ1n) is 8.21. The number of carbonyl (C=O) groups excluding carboxylic acids is 1. The number of hydrogen-bond acceptors (Lipinski definition) is 3. The van der Waals surface area contributed by atoms with Crippen LogP contribution in [-0.2, 0) is 0 Å². The molecule has 3 nitrogen and oxygen atoms in total. The number of ether oxygens (including phenoxy) is 1. The predicted octanol–water partition coefficient (Wildman–Crippen LogP) is 3.27. The van der Waals surface area contributed by atoms with Crippen molar-refractivity contribution >= 4 is 16.6 Å². The molecule has 4 aliphatic heterocycles. The van der Waals surface area contributed by atoms with Crippen molar-refractivity contribution in [3.05, 3.63) is 42.0 Å². The lowest BCUT2D eigenvalue weighted by atomic mass is 9.71. The lowest BCUT2D eigenvalue weighted by molar-refractivity contribution is -0.0951. The van der Waals surface area contributed by atoms with Gasteiger partial charge in [0.2, 0.25) is 0 Å². The van der Waals surface area contributed by atoms with Gasteiger partial charge in [0.15, 0.2) is 5.78 Å². The highest BCUT2D eigenvalue weighted by Gasteiger charge is 2.52. The summed E-state index contributed by atoms with van der Waals surface area (Å²) in [6.45, 7) is 3.23. The van der Waals surface area contributed by atoms with Gasteiger partial charge in [0.05, 0.1) is 12.0 Å². The minimum absolute atomic E-state index is 0.251. The molecule has 3 saturated heterocycles. The molecule has 2 aromatic carbocycles. The third-order valence-electron chi connectivity index (χ3n) is 5.77. The van der Waals surface area contributed by atoms with Crippen LogP contribution in [0, 0.1) is 5.92 Å². The molecule has 22 heavy (non-hydrogen) atoms. The Hall–Kier alpha value is -1.87. The quantitative estimate of drug-likeness (QED) is 0.746. The molecule has 0 aromatic heterocycles. The van der Waals surface area contributed by atoms with Crippen LogP contribution in [0.25, 0.3) is 10.8 Å². The Balaban J connectivity index is 1.68. The van der Waals surface area contributed by atoms with E-state index in [1.54, 1.807) is 0 Å². The summed E-state index contributed by atoms with van der Waals surface area (Å²) < 4.78 is 6.62. The molecule has 112 valence electrons. The minimum atomic E-state index is -0.287. The highest BCUT2D eigenvalue weighted by atomic mass is 16.5. The van der Waals surface area contributed by atoms with Crippen molar-refractivity contribution in [3.8, 4) is 5.75 Å². The van der Waals surface area contributed by atoms with E-state index in [4.69, 9.17) is 4.74 Å². The van der Waals surface area contributed by atoms with Crippen LogP contribution in [0.1, 0.15) is 29.6 Å². The fourth-order valence-corrected chi connectivity index (χ4v) is 4.62. The minimum Gasteiger partial charge on any atom is -0.484 e. The second-order valence-electron chi connectivity index (χ2n) is 6.98. The van der Waals surface area contributed by atoms with Gasteiger partial charge in [-0.25, -0.2) is 0 Å². The van der Waals surface area contributed by atoms with Crippen molar-refractivity contribution in [1.82, 2.24) is 4.90 Å². The van der Waals surface area contributed by atoms with Crippen molar-refractivity contribution in [1.29, 1.82) is 0 Å². The molecule has 1 atom stereocenters. The zero-order valence-electron chi connectivity index (χ0n) is 12.5. The molecule has 2 aromatic rings. The van der Waals surface area contributed by atoms with E-state index < -0.39 is 0 Å². The maximum Gasteiger partial charge on any atom is 0.170 e. The zero-order valence-corrected chi connectivity index (χ0v) is 12.5. The van der Waals surface area contributed by atoms with Gasteiger partial charge in [-0.3, -0.25) is 9.69 Å². The Kier molecular flexibility index (Phi) is 2.49. The zero-order chi connectivity index (χ0) is 14.7. The molecular weight excluding hydrogens is 274 g/mol. The van der Waals surface area contributed by atoms with Gasteiger partial charge in [0.25, 0.3) is 0 Å². The lowest BCUT2D eigenvalue weighted by Gasteiger charge is -2.54. The number of carbonyl (C=O) groups is 1. The molecular formula is C19H19NO2. The van der Waals surface area contributed by atoms with E-state index in [9.17, 15) is 4.79 Å². The Morgan fingerprint density at radius 3 is 2.68 bits per heavy atom. The van der Waals surface area contributed by atoms with Crippen LogP contribution in [0.2, 0.25) is 0 Å². The third-order valence-corrected chi connectivity index (χ3v) is 5.77. The van der Waals surface area contributed by atoms with Gasteiger partial charge in [-0.1, -0.05) is 30.3 Å². The molecule has 4 heterocycles. The molecule has 1 unspecified atom stereocenters. The maximum atomic E-state index is 12.8. The van der Waals surface area contributed by atoms with E-state index in [1.807, 2.05) is 24.3 Å². The van der Waals surface area contributed by atoms with Gasteiger partial charge >= 0.3 is 0 Å². The SMILES string of the molecule is O=C1CC2(CN3CCC2CC3)Oc2c1ccc1ccccc21. The molecule has 2 bridgehead atoms. The number of benzene rings is 2. The van der Waals surface area contributed by atoms with E-state index in [0.29, 0.717) is 12.3 Å². The highest BCUT2D eigenvalue weighted by molar-refractivity contribution is 6.06. The summed E-state index contributed by atoms with van der Waals surface area (Å²) >= 11 is 0. The standard InChI is InChI=1S/C19H19NO2/c21-17-11-19(12-20-9-7-14(19)8-10-20)22-18-15-4-2-1-3-13(15)5-6-16(17)18/h1-6,14H,7-12H2. The topological polar surface area (TPSA) is 29.5 Å². The summed E-state index contributed by atoms with van der Waals surface area (Å²) in [7, 11) is 0. The van der Waals surface area contributed by atoms with E-state index in [1.165, 1.54) is 0 Å². The number of Topliss-reactive ketones (excluding diaryl/α,β-unsaturated/α-hetero) is 1. The summed E-state index contributed by atoms with van der Waals surface area (Å²) in [5.74, 6) is 1.59. The number of rotatable bonds is 0. The van der Waals surface area contributed by atoms with Gasteiger partial charge in [0.1, 0.15) is 11.4 Å². The molecule has 0 saturated carbocycles. The number of nitrogens with zero attached hydrogens (tertiary/aromatic N) is 1. The van der Waals surface area contributed by atoms with Crippen LogP contribution in [-0.4, -0.2) is 35.9 Å². The molecule has 0 N–H and O–H groups in total. The average Bonchev–Trinajstić information content (AvgIpc) is 2.55. The summed E-state index contributed by atoms with van der Waals surface area (Å²) in [5.41, 5.74) is 0.478. The molecule has 4 aliphatic rings. The van der Waals surface area contributed by atoms with E-state index in [2.05, 4.69) is 17.0 Å². The van der Waals surface area contributed by atoms with Crippen molar-refractivity contribution in [2.24, 2.45) is 5.92 Å². The summed E-state index contributed by atoms with van der Waals surface area (Å²) in [5, 5.41) is 2.22. The second-order valence-corrected chi connectivity index (χ2v) is 6.98. The molecule has 6 rings (SSSR count). The van der Waals surface area contributed by atoms with E-state index in [-0.39, 0.29) is 11.4 Å². The van der Waals surface area contributed by atoms with Gasteiger partial charge in [-0.2, -0.15) is 0 Å². The Bertz CT molecular complexity index is 776. The van der Waals surface area contributed by atoms with Crippen LogP contribution >= 0.6 is 0 Å². The highest BCUT2D eigenvalue weighted by Crippen LogP contribution is 2.47. The predicted molar refractivity (Wildman–Crippen MR) is 85.4 cm³/mol. The van der Waals surface area contributed by atoms with Gasteiger partial charge in [-0.15, -0.1) is 0 Å². The van der Waals surface area contributed by atoms with Crippen LogP contribution in [0.4, 0.5) is 0 Å². The Morgan fingerprint density at radius 1 is 1.09 bits per heavy atom. The first-order chi connectivity index (χ1) is 10.8. The van der Waals surface area contributed by atoms with Crippen molar-refractivity contribution in [3.63, 3.8) is 0 Å². The fourth-order valence-electron chi connectivity index (χ4n) is 4.62. The molecule has 1 spiro atoms. The van der Waals surface area contributed by atoms with Crippen molar-refractivity contribution < 1.29 is 9.53 Å². The summed E-state index contributed by atoms with van der Waals surface area (Å²) in [6.07, 6.45) is 2.86. The molecule has 3 fully saturated rings. The van der Waals surface area contributed by atoms with Crippen molar-refractivity contribution in [2.45, 2.75) is 24.9 Å². The lowest BCUT2D eigenvalue weighted by Crippen LogP contribution is -2.63. The van der Waals surface area contributed by atoms with Crippen LogP contribution in [0.3, 0.4) is 0 Å². The molecule has 0 radical (unpaired) electrons. The van der Waals surface area contributed by atoms with Gasteiger partial charge in [0, 0.05) is 17.8 Å². The van der Waals surface area contributed by atoms with Crippen LogP contribution in [0.5, 0.6) is 5.75 Å². The first kappa shape index (κ1) is 12.7. The van der Waals surface area contributed by atoms with Gasteiger partial charge in [-0.05, 0) is 37.4 Å². The van der Waals surface area contributed by atoms with Crippen molar-refractivity contribution in [2.75, 3.05) is 19.6 Å². The Labute approximate surface area is 129 Å². The van der Waals surface area contributed by atoms with E-state index in [0.717, 1.165) is 54.6 Å². The number of piperidine rings is 3. The normalized spacial score (nSPS) is 33.0. The second kappa shape index (κ2) is 4.32. The smallest absolute Gasteiger partial charge is 0.170 e.